The quantitative estimate of drug-likeness (QED) is 0.322. The minimum Gasteiger partial charge on any atom is -0.493 e. The molecule has 0 saturated carbocycles. The second-order valence-electron chi connectivity index (χ2n) is 7.05. The zero-order valence-corrected chi connectivity index (χ0v) is 19.0. The number of ether oxygens (including phenoxy) is 3. The summed E-state index contributed by atoms with van der Waals surface area (Å²) in [6.45, 7) is 0.0227. The largest absolute Gasteiger partial charge is 0.493 e. The molecule has 1 N–H and O–H groups in total. The second kappa shape index (κ2) is 10.5. The zero-order chi connectivity index (χ0) is 23.4. The molecule has 1 aromatic heterocycles. The number of fused-ring (bicyclic) bond motifs is 1. The number of alkyl halides is 3. The third-order valence-corrected chi connectivity index (χ3v) is 4.93. The topological polar surface area (TPSA) is 65.5 Å². The summed E-state index contributed by atoms with van der Waals surface area (Å²) in [6, 6.07) is 16.1. The summed E-state index contributed by atoms with van der Waals surface area (Å²) >= 11 is 0. The molecule has 178 valence electrons. The van der Waals surface area contributed by atoms with Gasteiger partial charge in [-0.2, -0.15) is 13.2 Å². The molecule has 10 heteroatoms. The van der Waals surface area contributed by atoms with E-state index in [-0.39, 0.29) is 30.5 Å². The Balaban J connectivity index is 0.00000324. The molecule has 0 fully saturated rings. The Labute approximate surface area is 200 Å². The van der Waals surface area contributed by atoms with Crippen molar-refractivity contribution < 1.29 is 27.4 Å². The highest BCUT2D eigenvalue weighted by atomic mass is 35.5. The molecule has 0 unspecified atom stereocenters. The molecule has 0 amide bonds. The maximum atomic E-state index is 13.8. The number of anilines is 2. The van der Waals surface area contributed by atoms with Crippen molar-refractivity contribution in [2.45, 2.75) is 12.8 Å². The van der Waals surface area contributed by atoms with Gasteiger partial charge in [0, 0.05) is 17.1 Å². The van der Waals surface area contributed by atoms with Crippen molar-refractivity contribution in [3.05, 3.63) is 78.1 Å². The number of nitrogens with zero attached hydrogens (tertiary/aromatic N) is 2. The van der Waals surface area contributed by atoms with Gasteiger partial charge in [-0.25, -0.2) is 9.97 Å². The molecule has 0 aliphatic rings. The average Bonchev–Trinajstić information content (AvgIpc) is 2.82. The fourth-order valence-corrected chi connectivity index (χ4v) is 3.31. The Morgan fingerprint density at radius 2 is 1.56 bits per heavy atom. The Hall–Kier alpha value is -3.72. The van der Waals surface area contributed by atoms with Crippen LogP contribution < -0.4 is 19.5 Å². The first-order valence-corrected chi connectivity index (χ1v) is 9.91. The van der Waals surface area contributed by atoms with E-state index in [0.29, 0.717) is 28.2 Å². The van der Waals surface area contributed by atoms with E-state index < -0.39 is 11.7 Å². The molecule has 6 nitrogen and oxygen atoms in total. The average molecular weight is 492 g/mol. The molecule has 0 bridgehead atoms. The molecule has 1 heterocycles. The van der Waals surface area contributed by atoms with Crippen LogP contribution in [0.5, 0.6) is 17.2 Å². The van der Waals surface area contributed by atoms with Crippen molar-refractivity contribution >= 4 is 34.8 Å². The van der Waals surface area contributed by atoms with Gasteiger partial charge in [0.05, 0.1) is 25.3 Å². The van der Waals surface area contributed by atoms with Crippen molar-refractivity contribution in [1.29, 1.82) is 0 Å². The number of halogens is 4. The van der Waals surface area contributed by atoms with Crippen LogP contribution >= 0.6 is 12.4 Å². The summed E-state index contributed by atoms with van der Waals surface area (Å²) in [7, 11) is 2.99. The highest BCUT2D eigenvalue weighted by molar-refractivity contribution is 5.93. The number of methoxy groups -OCH3 is 2. The third kappa shape index (κ3) is 5.43. The van der Waals surface area contributed by atoms with E-state index in [1.807, 2.05) is 6.07 Å². The van der Waals surface area contributed by atoms with E-state index in [9.17, 15) is 13.2 Å². The van der Waals surface area contributed by atoms with Gasteiger partial charge < -0.3 is 19.5 Å². The molecular weight excluding hydrogens is 471 g/mol. The fraction of sp³-hybridized carbons (Fsp3) is 0.167. The van der Waals surface area contributed by atoms with Crippen LogP contribution in [0.4, 0.5) is 24.7 Å². The van der Waals surface area contributed by atoms with Gasteiger partial charge in [-0.1, -0.05) is 30.3 Å². The predicted molar refractivity (Wildman–Crippen MR) is 125 cm³/mol. The molecule has 0 aliphatic heterocycles. The molecule has 4 rings (SSSR count). The highest BCUT2D eigenvalue weighted by Crippen LogP contribution is 2.39. The van der Waals surface area contributed by atoms with Gasteiger partial charge in [0.15, 0.2) is 11.5 Å². The van der Waals surface area contributed by atoms with Gasteiger partial charge in [0.1, 0.15) is 24.5 Å². The minimum atomic E-state index is -4.60. The van der Waals surface area contributed by atoms with Gasteiger partial charge >= 0.3 is 6.18 Å². The molecule has 3 aromatic carbocycles. The number of benzene rings is 3. The zero-order valence-electron chi connectivity index (χ0n) is 18.2. The first kappa shape index (κ1) is 24.9. The molecule has 0 aliphatic carbocycles. The van der Waals surface area contributed by atoms with Crippen LogP contribution in [0.3, 0.4) is 0 Å². The predicted octanol–water partition coefficient (Wildman–Crippen LogP) is 6.41. The molecule has 0 radical (unpaired) electrons. The Morgan fingerprint density at radius 3 is 2.24 bits per heavy atom. The normalized spacial score (nSPS) is 11.0. The van der Waals surface area contributed by atoms with Crippen LogP contribution in [-0.2, 0) is 12.8 Å². The van der Waals surface area contributed by atoms with Crippen LogP contribution in [0.25, 0.3) is 10.9 Å². The van der Waals surface area contributed by atoms with Crippen LogP contribution in [0.1, 0.15) is 11.1 Å². The van der Waals surface area contributed by atoms with Crippen LogP contribution in [-0.4, -0.2) is 24.2 Å². The number of aromatic nitrogens is 2. The summed E-state index contributed by atoms with van der Waals surface area (Å²) in [4.78, 5) is 8.40. The van der Waals surface area contributed by atoms with Gasteiger partial charge in [0.2, 0.25) is 0 Å². The van der Waals surface area contributed by atoms with Crippen LogP contribution in [0.15, 0.2) is 67.0 Å². The fourth-order valence-electron chi connectivity index (χ4n) is 3.31. The smallest absolute Gasteiger partial charge is 0.420 e. The van der Waals surface area contributed by atoms with Gasteiger partial charge in [0.25, 0.3) is 0 Å². The summed E-state index contributed by atoms with van der Waals surface area (Å²) in [5.74, 6) is 1.00. The van der Waals surface area contributed by atoms with Crippen molar-refractivity contribution in [2.75, 3.05) is 19.5 Å². The molecule has 34 heavy (non-hydrogen) atoms. The Morgan fingerprint density at radius 1 is 0.853 bits per heavy atom. The number of hydrogen-bond donors (Lipinski definition) is 1. The molecular formula is C24H21ClF3N3O3. The standard InChI is InChI=1S/C24H20F3N3O3.ClH/c1-31-21-11-17-19(12-22(21)32-2)28-14-29-23(17)30-16-8-9-20(18(10-16)24(25,26)27)33-13-15-6-4-3-5-7-15;/h3-12,14H,13H2,1-2H3,(H,28,29,30);1H. The van der Waals surface area contributed by atoms with Gasteiger partial charge in [-0.05, 0) is 29.8 Å². The summed E-state index contributed by atoms with van der Waals surface area (Å²) in [5.41, 5.74) is 0.624. The van der Waals surface area contributed by atoms with Crippen molar-refractivity contribution in [3.8, 4) is 17.2 Å². The van der Waals surface area contributed by atoms with E-state index in [1.165, 1.54) is 32.7 Å². The number of rotatable bonds is 7. The first-order chi connectivity index (χ1) is 15.9. The number of nitrogens with one attached hydrogen (secondary N) is 1. The Kier molecular flexibility index (Phi) is 7.68. The molecule has 0 spiro atoms. The maximum Gasteiger partial charge on any atom is 0.420 e. The second-order valence-corrected chi connectivity index (χ2v) is 7.05. The van der Waals surface area contributed by atoms with Crippen LogP contribution in [0, 0.1) is 0 Å². The number of hydrogen-bond acceptors (Lipinski definition) is 6. The summed E-state index contributed by atoms with van der Waals surface area (Å²) < 4.78 is 57.4. The molecule has 4 aromatic rings. The lowest BCUT2D eigenvalue weighted by atomic mass is 10.1. The van der Waals surface area contributed by atoms with E-state index in [0.717, 1.165) is 11.6 Å². The molecule has 0 atom stereocenters. The monoisotopic (exact) mass is 491 g/mol. The lowest BCUT2D eigenvalue weighted by Crippen LogP contribution is -2.09. The van der Waals surface area contributed by atoms with Gasteiger partial charge in [-0.15, -0.1) is 12.4 Å². The summed E-state index contributed by atoms with van der Waals surface area (Å²) in [6.07, 6.45) is -3.29. The van der Waals surface area contributed by atoms with Crippen molar-refractivity contribution in [2.24, 2.45) is 0 Å². The SMILES string of the molecule is COc1cc2ncnc(Nc3ccc(OCc4ccccc4)c(C(F)(F)F)c3)c2cc1OC.Cl. The molecule has 0 saturated heterocycles. The van der Waals surface area contributed by atoms with E-state index in [2.05, 4.69) is 15.3 Å². The highest BCUT2D eigenvalue weighted by Gasteiger charge is 2.35. The Bertz CT molecular complexity index is 1270. The summed E-state index contributed by atoms with van der Waals surface area (Å²) in [5, 5.41) is 3.51. The van der Waals surface area contributed by atoms with E-state index >= 15 is 0 Å². The van der Waals surface area contributed by atoms with E-state index in [1.54, 1.807) is 36.4 Å². The van der Waals surface area contributed by atoms with Crippen molar-refractivity contribution in [3.63, 3.8) is 0 Å². The van der Waals surface area contributed by atoms with Crippen molar-refractivity contribution in [1.82, 2.24) is 9.97 Å². The van der Waals surface area contributed by atoms with Gasteiger partial charge in [-0.3, -0.25) is 0 Å². The lowest BCUT2D eigenvalue weighted by molar-refractivity contribution is -0.139. The van der Waals surface area contributed by atoms with E-state index in [4.69, 9.17) is 14.2 Å². The third-order valence-electron chi connectivity index (χ3n) is 4.93. The van der Waals surface area contributed by atoms with Crippen LogP contribution in [0.2, 0.25) is 0 Å². The minimum absolute atomic E-state index is 0. The first-order valence-electron chi connectivity index (χ1n) is 9.91. The lowest BCUT2D eigenvalue weighted by Gasteiger charge is -2.17. The maximum absolute atomic E-state index is 13.8.